The number of carboxylic acids is 1. The zero-order chi connectivity index (χ0) is 23.2. The minimum Gasteiger partial charge on any atom is -0.480 e. The van der Waals surface area contributed by atoms with Gasteiger partial charge in [0.05, 0.1) is 18.6 Å². The summed E-state index contributed by atoms with van der Waals surface area (Å²) in [6, 6.07) is -4.88. The van der Waals surface area contributed by atoms with Crippen LogP contribution in [0.15, 0.2) is 0 Å². The number of aliphatic hydroxyl groups is 1. The van der Waals surface area contributed by atoms with Gasteiger partial charge < -0.3 is 37.2 Å². The van der Waals surface area contributed by atoms with Crippen molar-refractivity contribution in [1.29, 1.82) is 0 Å². The Labute approximate surface area is 174 Å². The summed E-state index contributed by atoms with van der Waals surface area (Å²) in [5.41, 5.74) is 10.9. The van der Waals surface area contributed by atoms with E-state index in [1.54, 1.807) is 13.8 Å². The van der Waals surface area contributed by atoms with Crippen molar-refractivity contribution in [3.05, 3.63) is 0 Å². The van der Waals surface area contributed by atoms with Crippen molar-refractivity contribution in [3.8, 4) is 0 Å². The number of aliphatic carboxylic acids is 1. The Bertz CT molecular complexity index is 682. The van der Waals surface area contributed by atoms with Crippen molar-refractivity contribution < 1.29 is 34.2 Å². The quantitative estimate of drug-likeness (QED) is 0.214. The smallest absolute Gasteiger partial charge is 0.326 e. The summed E-state index contributed by atoms with van der Waals surface area (Å²) in [5.74, 6) is -4.69. The van der Waals surface area contributed by atoms with E-state index in [1.165, 1.54) is 6.92 Å². The predicted molar refractivity (Wildman–Crippen MR) is 105 cm³/mol. The van der Waals surface area contributed by atoms with Gasteiger partial charge in [-0.1, -0.05) is 13.8 Å². The van der Waals surface area contributed by atoms with Crippen molar-refractivity contribution >= 4 is 29.6 Å². The van der Waals surface area contributed by atoms with E-state index in [9.17, 15) is 34.2 Å². The molecule has 0 saturated carbocycles. The van der Waals surface area contributed by atoms with Crippen LogP contribution >= 0.6 is 0 Å². The summed E-state index contributed by atoms with van der Waals surface area (Å²) in [4.78, 5) is 61.5. The maximum Gasteiger partial charge on any atom is 0.326 e. The molecule has 12 nitrogen and oxygen atoms in total. The maximum absolute atomic E-state index is 12.8. The van der Waals surface area contributed by atoms with Gasteiger partial charge in [0.15, 0.2) is 0 Å². The highest BCUT2D eigenvalue weighted by Crippen LogP contribution is 2.19. The van der Waals surface area contributed by atoms with Crippen LogP contribution in [0.25, 0.3) is 0 Å². The van der Waals surface area contributed by atoms with Gasteiger partial charge in [0.1, 0.15) is 18.1 Å². The van der Waals surface area contributed by atoms with E-state index in [-0.39, 0.29) is 18.9 Å². The van der Waals surface area contributed by atoms with Gasteiger partial charge in [-0.05, 0) is 25.7 Å². The SMILES string of the molecule is CC(C)C(N)C(=O)NC(C(=O)NC(CC(N)=O)C(=O)N1CCCC1C(=O)O)C(C)O. The summed E-state index contributed by atoms with van der Waals surface area (Å²) in [6.45, 7) is 4.83. The molecule has 1 rings (SSSR count). The topological polar surface area (TPSA) is 205 Å². The van der Waals surface area contributed by atoms with Crippen LogP contribution < -0.4 is 22.1 Å². The molecular weight excluding hydrogens is 398 g/mol. The Hall–Kier alpha value is -2.73. The molecule has 0 aliphatic carbocycles. The van der Waals surface area contributed by atoms with Gasteiger partial charge >= 0.3 is 5.97 Å². The van der Waals surface area contributed by atoms with Gasteiger partial charge in [0.25, 0.3) is 0 Å². The number of nitrogens with two attached hydrogens (primary N) is 2. The first kappa shape index (κ1) is 25.3. The molecule has 0 aromatic heterocycles. The fraction of sp³-hybridized carbons (Fsp3) is 0.722. The molecule has 0 aromatic carbocycles. The van der Waals surface area contributed by atoms with Crippen molar-refractivity contribution in [2.45, 2.75) is 70.3 Å². The molecule has 30 heavy (non-hydrogen) atoms. The Kier molecular flexibility index (Phi) is 9.18. The molecule has 4 amide bonds. The Balaban J connectivity index is 2.99. The van der Waals surface area contributed by atoms with Gasteiger partial charge in [0.2, 0.25) is 23.6 Å². The number of primary amides is 1. The summed E-state index contributed by atoms with van der Waals surface area (Å²) < 4.78 is 0. The highest BCUT2D eigenvalue weighted by atomic mass is 16.4. The molecule has 0 spiro atoms. The highest BCUT2D eigenvalue weighted by Gasteiger charge is 2.39. The number of carbonyl (C=O) groups excluding carboxylic acids is 4. The molecule has 1 heterocycles. The molecule has 5 atom stereocenters. The molecule has 8 N–H and O–H groups in total. The minimum absolute atomic E-state index is 0.154. The van der Waals surface area contributed by atoms with Gasteiger partial charge in [0, 0.05) is 6.54 Å². The van der Waals surface area contributed by atoms with E-state index in [1.807, 2.05) is 0 Å². The summed E-state index contributed by atoms with van der Waals surface area (Å²) in [5, 5.41) is 23.8. The summed E-state index contributed by atoms with van der Waals surface area (Å²) in [6.07, 6.45) is -1.20. The largest absolute Gasteiger partial charge is 0.480 e. The molecule has 170 valence electrons. The Morgan fingerprint density at radius 1 is 1.10 bits per heavy atom. The minimum atomic E-state index is -1.45. The molecule has 12 heteroatoms. The zero-order valence-electron chi connectivity index (χ0n) is 17.3. The first-order valence-corrected chi connectivity index (χ1v) is 9.72. The number of carboxylic acid groups (broad SMARTS) is 1. The van der Waals surface area contributed by atoms with Crippen LogP contribution in [-0.4, -0.2) is 81.5 Å². The standard InChI is InChI=1S/C18H31N5O7/c1-8(2)13(20)15(26)22-14(9(3)24)16(27)21-10(7-12(19)25)17(28)23-6-4-5-11(23)18(29)30/h8-11,13-14,24H,4-7,20H2,1-3H3,(H2,19,25)(H,21,27)(H,22,26)(H,29,30). The second-order valence-corrected chi connectivity index (χ2v) is 7.76. The fourth-order valence-corrected chi connectivity index (χ4v) is 3.11. The average molecular weight is 429 g/mol. The van der Waals surface area contributed by atoms with Crippen LogP contribution in [-0.2, 0) is 24.0 Å². The Morgan fingerprint density at radius 2 is 1.70 bits per heavy atom. The number of aliphatic hydroxyl groups excluding tert-OH is 1. The molecular formula is C18H31N5O7. The lowest BCUT2D eigenvalue weighted by Crippen LogP contribution is -2.60. The monoisotopic (exact) mass is 429 g/mol. The highest BCUT2D eigenvalue weighted by molar-refractivity contribution is 5.96. The third kappa shape index (κ3) is 6.66. The van der Waals surface area contributed by atoms with Gasteiger partial charge in [-0.3, -0.25) is 19.2 Å². The zero-order valence-corrected chi connectivity index (χ0v) is 17.3. The fourth-order valence-electron chi connectivity index (χ4n) is 3.11. The van der Waals surface area contributed by atoms with Gasteiger partial charge in [-0.25, -0.2) is 4.79 Å². The lowest BCUT2D eigenvalue weighted by atomic mass is 10.0. The van der Waals surface area contributed by atoms with Crippen molar-refractivity contribution in [3.63, 3.8) is 0 Å². The first-order valence-electron chi connectivity index (χ1n) is 9.72. The molecule has 0 radical (unpaired) electrons. The van der Waals surface area contributed by atoms with Crippen molar-refractivity contribution in [1.82, 2.24) is 15.5 Å². The van der Waals surface area contributed by atoms with Crippen LogP contribution in [0.4, 0.5) is 0 Å². The van der Waals surface area contributed by atoms with E-state index in [4.69, 9.17) is 11.5 Å². The van der Waals surface area contributed by atoms with E-state index in [0.29, 0.717) is 6.42 Å². The van der Waals surface area contributed by atoms with E-state index < -0.39 is 66.3 Å². The Morgan fingerprint density at radius 3 is 2.17 bits per heavy atom. The van der Waals surface area contributed by atoms with E-state index in [2.05, 4.69) is 10.6 Å². The summed E-state index contributed by atoms with van der Waals surface area (Å²) in [7, 11) is 0. The third-order valence-electron chi connectivity index (χ3n) is 4.92. The first-order chi connectivity index (χ1) is 13.9. The molecule has 1 aliphatic rings. The van der Waals surface area contributed by atoms with Crippen LogP contribution in [0.3, 0.4) is 0 Å². The second kappa shape index (κ2) is 10.9. The number of amides is 4. The second-order valence-electron chi connectivity index (χ2n) is 7.76. The molecule has 1 aliphatic heterocycles. The number of rotatable bonds is 10. The van der Waals surface area contributed by atoms with Crippen LogP contribution in [0.2, 0.25) is 0 Å². The number of hydrogen-bond donors (Lipinski definition) is 6. The van der Waals surface area contributed by atoms with Gasteiger partial charge in [-0.15, -0.1) is 0 Å². The van der Waals surface area contributed by atoms with E-state index >= 15 is 0 Å². The molecule has 0 aromatic rings. The van der Waals surface area contributed by atoms with Crippen molar-refractivity contribution in [2.24, 2.45) is 17.4 Å². The third-order valence-corrected chi connectivity index (χ3v) is 4.92. The molecule has 0 bridgehead atoms. The maximum atomic E-state index is 12.8. The molecule has 1 saturated heterocycles. The summed E-state index contributed by atoms with van der Waals surface area (Å²) >= 11 is 0. The number of likely N-dealkylation sites (tertiary alicyclic amines) is 1. The normalized spacial score (nSPS) is 20.2. The lowest BCUT2D eigenvalue weighted by molar-refractivity contribution is -0.150. The number of nitrogens with zero attached hydrogens (tertiary/aromatic N) is 1. The average Bonchev–Trinajstić information content (AvgIpc) is 3.13. The lowest BCUT2D eigenvalue weighted by Gasteiger charge is -2.29. The van der Waals surface area contributed by atoms with Gasteiger partial charge in [-0.2, -0.15) is 0 Å². The van der Waals surface area contributed by atoms with E-state index in [0.717, 1.165) is 4.90 Å². The van der Waals surface area contributed by atoms with Crippen LogP contribution in [0.5, 0.6) is 0 Å². The molecule has 1 fully saturated rings. The predicted octanol–water partition coefficient (Wildman–Crippen LogP) is -2.73. The van der Waals surface area contributed by atoms with Crippen LogP contribution in [0, 0.1) is 5.92 Å². The van der Waals surface area contributed by atoms with Crippen LogP contribution in [0.1, 0.15) is 40.0 Å². The number of carbonyl (C=O) groups is 5. The van der Waals surface area contributed by atoms with Crippen molar-refractivity contribution in [2.75, 3.05) is 6.54 Å². The molecule has 5 unspecified atom stereocenters. The number of nitrogens with one attached hydrogen (secondary N) is 2. The number of hydrogen-bond acceptors (Lipinski definition) is 7.